The number of aryl methyl sites for hydroxylation is 1. The number of rotatable bonds is 3. The first kappa shape index (κ1) is 17.9. The molecule has 12 heteroatoms. The van der Waals surface area contributed by atoms with Crippen LogP contribution in [0.2, 0.25) is 10.0 Å². The van der Waals surface area contributed by atoms with E-state index in [1.807, 2.05) is 0 Å². The number of aromatic nitrogens is 2. The van der Waals surface area contributed by atoms with Crippen LogP contribution in [-0.2, 0) is 7.05 Å². The van der Waals surface area contributed by atoms with Crippen molar-refractivity contribution in [2.24, 2.45) is 7.05 Å². The number of nitro groups is 1. The number of amides is 1. The average Bonchev–Trinajstić information content (AvgIpc) is 2.82. The monoisotopic (exact) mass is 388 g/mol. The molecule has 1 aromatic carbocycles. The van der Waals surface area contributed by atoms with Gasteiger partial charge in [0.25, 0.3) is 11.6 Å². The average molecular weight is 389 g/mol. The zero-order chi connectivity index (χ0) is 18.0. The van der Waals surface area contributed by atoms with Gasteiger partial charge in [-0.1, -0.05) is 29.0 Å². The summed E-state index contributed by atoms with van der Waals surface area (Å²) in [6.45, 7) is 0. The highest BCUT2D eigenvalue weighted by Gasteiger charge is 2.17. The molecule has 1 amide bonds. The van der Waals surface area contributed by atoms with E-state index in [4.69, 9.17) is 35.4 Å². The Bertz CT molecular complexity index is 835. The number of anilines is 1. The first-order valence-electron chi connectivity index (χ1n) is 6.15. The van der Waals surface area contributed by atoms with Crippen molar-refractivity contribution in [1.82, 2.24) is 15.1 Å². The summed E-state index contributed by atoms with van der Waals surface area (Å²) >= 11 is 16.4. The van der Waals surface area contributed by atoms with Gasteiger partial charge in [0.05, 0.1) is 16.1 Å². The van der Waals surface area contributed by atoms with Gasteiger partial charge in [-0.15, -0.1) is 0 Å². The van der Waals surface area contributed by atoms with E-state index in [9.17, 15) is 20.0 Å². The molecule has 0 spiro atoms. The summed E-state index contributed by atoms with van der Waals surface area (Å²) in [5.74, 6) is -1.36. The zero-order valence-corrected chi connectivity index (χ0v) is 14.2. The molecule has 0 aliphatic carbocycles. The molecule has 2 N–H and O–H groups in total. The molecule has 2 aromatic rings. The van der Waals surface area contributed by atoms with Gasteiger partial charge in [-0.25, -0.2) is 0 Å². The zero-order valence-electron chi connectivity index (χ0n) is 11.9. The Morgan fingerprint density at radius 3 is 2.58 bits per heavy atom. The number of benzene rings is 1. The molecular weight excluding hydrogens is 381 g/mol. The van der Waals surface area contributed by atoms with Crippen LogP contribution in [0.3, 0.4) is 0 Å². The smallest absolute Gasteiger partial charge is 0.277 e. The molecule has 24 heavy (non-hydrogen) atoms. The summed E-state index contributed by atoms with van der Waals surface area (Å²) in [5.41, 5.74) is -0.582. The van der Waals surface area contributed by atoms with Crippen LogP contribution in [0.25, 0.3) is 0 Å². The minimum Gasteiger partial charge on any atom is -0.870 e. The molecule has 0 saturated heterocycles. The highest BCUT2D eigenvalue weighted by molar-refractivity contribution is 7.80. The van der Waals surface area contributed by atoms with Crippen LogP contribution in [0.5, 0.6) is 5.75 Å². The van der Waals surface area contributed by atoms with Crippen LogP contribution >= 0.6 is 35.4 Å². The lowest BCUT2D eigenvalue weighted by molar-refractivity contribution is -0.385. The number of carbonyl (C=O) groups is 1. The summed E-state index contributed by atoms with van der Waals surface area (Å²) in [4.78, 5) is 22.2. The van der Waals surface area contributed by atoms with E-state index in [1.165, 1.54) is 17.9 Å². The minimum absolute atomic E-state index is 0.0558. The van der Waals surface area contributed by atoms with Crippen molar-refractivity contribution in [2.75, 3.05) is 5.32 Å². The summed E-state index contributed by atoms with van der Waals surface area (Å²) in [6, 6.07) is 1.88. The molecule has 0 atom stereocenters. The van der Waals surface area contributed by atoms with Gasteiger partial charge < -0.3 is 10.4 Å². The van der Waals surface area contributed by atoms with Crippen LogP contribution in [-0.4, -0.2) is 25.7 Å². The topological polar surface area (TPSA) is 125 Å². The summed E-state index contributed by atoms with van der Waals surface area (Å²) in [6.07, 6.45) is 1.28. The van der Waals surface area contributed by atoms with Crippen molar-refractivity contribution in [3.05, 3.63) is 44.2 Å². The molecule has 1 heterocycles. The molecule has 0 aliphatic rings. The molecule has 0 aliphatic heterocycles. The normalized spacial score (nSPS) is 10.3. The lowest BCUT2D eigenvalue weighted by Gasteiger charge is -2.17. The first-order valence-corrected chi connectivity index (χ1v) is 7.32. The Kier molecular flexibility index (Phi) is 5.22. The number of non-ortho nitro benzene ring substituents is 1. The van der Waals surface area contributed by atoms with E-state index in [0.717, 1.165) is 12.1 Å². The van der Waals surface area contributed by atoms with Gasteiger partial charge in [0.2, 0.25) is 0 Å². The molecule has 2 rings (SSSR count). The Balaban J connectivity index is 2.18. The fourth-order valence-corrected chi connectivity index (χ4v) is 2.43. The maximum Gasteiger partial charge on any atom is 0.277 e. The number of hydrogen-bond acceptors (Lipinski definition) is 6. The molecule has 0 bridgehead atoms. The Hall–Kier alpha value is -2.43. The third-order valence-electron chi connectivity index (χ3n) is 2.82. The van der Waals surface area contributed by atoms with Crippen molar-refractivity contribution in [3.8, 4) is 5.75 Å². The fourth-order valence-electron chi connectivity index (χ4n) is 1.76. The summed E-state index contributed by atoms with van der Waals surface area (Å²) in [5, 5.41) is 30.7. The van der Waals surface area contributed by atoms with E-state index in [2.05, 4.69) is 15.7 Å². The van der Waals surface area contributed by atoms with Gasteiger partial charge in [0, 0.05) is 29.9 Å². The third-order valence-corrected chi connectivity index (χ3v) is 3.59. The second kappa shape index (κ2) is 6.99. The number of nitrogens with zero attached hydrogens (tertiary/aromatic N) is 3. The van der Waals surface area contributed by atoms with Gasteiger partial charge in [-0.2, -0.15) is 5.10 Å². The molecule has 9 nitrogen and oxygen atoms in total. The quantitative estimate of drug-likeness (QED) is 0.466. The highest BCUT2D eigenvalue weighted by Crippen LogP contribution is 2.33. The van der Waals surface area contributed by atoms with E-state index in [0.29, 0.717) is 0 Å². The Morgan fingerprint density at radius 1 is 1.38 bits per heavy atom. The molecule has 126 valence electrons. The number of carbonyl (C=O) groups excluding carboxylic acids is 1. The van der Waals surface area contributed by atoms with Crippen LogP contribution < -0.4 is 15.7 Å². The number of halogens is 2. The van der Waals surface area contributed by atoms with E-state index < -0.39 is 22.3 Å². The van der Waals surface area contributed by atoms with Crippen molar-refractivity contribution in [1.29, 1.82) is 0 Å². The van der Waals surface area contributed by atoms with Crippen LogP contribution in [0.1, 0.15) is 10.5 Å². The maximum atomic E-state index is 12.1. The Labute approximate surface area is 150 Å². The van der Waals surface area contributed by atoms with E-state index >= 15 is 0 Å². The van der Waals surface area contributed by atoms with Crippen molar-refractivity contribution in [3.63, 3.8) is 0 Å². The highest BCUT2D eigenvalue weighted by atomic mass is 35.5. The fraction of sp³-hybridized carbons (Fsp3) is 0.0833. The number of hydrogen-bond donors (Lipinski definition) is 2. The second-order valence-electron chi connectivity index (χ2n) is 4.43. The largest absolute Gasteiger partial charge is 0.870 e. The number of nitro benzene ring substituents is 1. The molecule has 0 radical (unpaired) electrons. The summed E-state index contributed by atoms with van der Waals surface area (Å²) in [7, 11) is 1.51. The van der Waals surface area contributed by atoms with Gasteiger partial charge in [0.1, 0.15) is 5.69 Å². The molecule has 0 saturated carbocycles. The molecule has 0 fully saturated rings. The van der Waals surface area contributed by atoms with Gasteiger partial charge in [-0.05, 0) is 12.2 Å². The van der Waals surface area contributed by atoms with Crippen LogP contribution in [0.15, 0.2) is 18.3 Å². The predicted molar refractivity (Wildman–Crippen MR) is 89.5 cm³/mol. The van der Waals surface area contributed by atoms with Gasteiger partial charge in [-0.3, -0.25) is 24.9 Å². The van der Waals surface area contributed by atoms with Crippen molar-refractivity contribution in [2.45, 2.75) is 0 Å². The van der Waals surface area contributed by atoms with Crippen LogP contribution in [0, 0.1) is 10.1 Å². The molecule has 0 unspecified atom stereocenters. The molecule has 1 aromatic heterocycles. The number of nitrogens with one attached hydrogen (secondary N) is 2. The lowest BCUT2D eigenvalue weighted by Crippen LogP contribution is -2.35. The predicted octanol–water partition coefficient (Wildman–Crippen LogP) is 1.84. The maximum absolute atomic E-state index is 12.1. The number of thiocarbonyl (C=S) groups is 1. The third kappa shape index (κ3) is 3.72. The van der Waals surface area contributed by atoms with E-state index in [-0.39, 0.29) is 26.5 Å². The SMILES string of the molecule is Cn1ncc(Cl)c1C(=O)NC(=S)Nc1cc([N+](=O)[O-])cc(Cl)c1[O-]. The van der Waals surface area contributed by atoms with Crippen LogP contribution in [0.4, 0.5) is 11.4 Å². The Morgan fingerprint density at radius 2 is 2.04 bits per heavy atom. The lowest BCUT2D eigenvalue weighted by atomic mass is 10.2. The van der Waals surface area contributed by atoms with Gasteiger partial charge >= 0.3 is 0 Å². The minimum atomic E-state index is -0.715. The summed E-state index contributed by atoms with van der Waals surface area (Å²) < 4.78 is 1.24. The van der Waals surface area contributed by atoms with Gasteiger partial charge in [0.15, 0.2) is 5.11 Å². The molecular formula is C12H8Cl2N5O4S-. The van der Waals surface area contributed by atoms with Crippen molar-refractivity contribution < 1.29 is 14.8 Å². The van der Waals surface area contributed by atoms with E-state index in [1.54, 1.807) is 0 Å². The first-order chi connectivity index (χ1) is 11.2. The van der Waals surface area contributed by atoms with Crippen molar-refractivity contribution >= 4 is 57.8 Å². The standard InChI is InChI=1S/C12H9Cl2N5O4S/c1-18-9(7(14)4-15-18)11(21)17-12(24)16-8-3-5(19(22)23)2-6(13)10(8)20/h2-4,20H,1H3,(H2,16,17,21,24)/p-1. The second-order valence-corrected chi connectivity index (χ2v) is 5.66.